The van der Waals surface area contributed by atoms with Gasteiger partial charge in [0.05, 0.1) is 23.2 Å². The number of aryl methyl sites for hydroxylation is 1. The summed E-state index contributed by atoms with van der Waals surface area (Å²) >= 11 is 0. The highest BCUT2D eigenvalue weighted by molar-refractivity contribution is 5.98. The van der Waals surface area contributed by atoms with Gasteiger partial charge in [0.1, 0.15) is 12.3 Å². The molecule has 1 N–H and O–H groups in total. The van der Waals surface area contributed by atoms with Gasteiger partial charge in [0, 0.05) is 5.69 Å². The molecule has 3 rings (SSSR count). The molecule has 0 aliphatic heterocycles. The topological polar surface area (TPSA) is 86.2 Å². The third kappa shape index (κ3) is 3.47. The number of aromatic amines is 1. The highest BCUT2D eigenvalue weighted by Gasteiger charge is 2.25. The number of hydrogen-bond acceptors (Lipinski definition) is 5. The Hall–Kier alpha value is -3.23. The van der Waals surface area contributed by atoms with Crippen molar-refractivity contribution in [2.45, 2.75) is 33.9 Å². The van der Waals surface area contributed by atoms with Gasteiger partial charge in [0.15, 0.2) is 5.82 Å². The Morgan fingerprint density at radius 2 is 1.89 bits per heavy atom. The van der Waals surface area contributed by atoms with E-state index in [-0.39, 0.29) is 29.2 Å². The molecule has 2 heterocycles. The summed E-state index contributed by atoms with van der Waals surface area (Å²) in [4.78, 5) is 31.4. The maximum absolute atomic E-state index is 13.4. The van der Waals surface area contributed by atoms with Gasteiger partial charge in [0.2, 0.25) is 0 Å². The molecule has 0 saturated carbocycles. The van der Waals surface area contributed by atoms with Crippen molar-refractivity contribution < 1.29 is 27.8 Å². The summed E-state index contributed by atoms with van der Waals surface area (Å²) in [6.45, 7) is 1.83. The molecule has 7 nitrogen and oxygen atoms in total. The molecule has 0 unspecified atom stereocenters. The number of para-hydroxylation sites is 2. The van der Waals surface area contributed by atoms with E-state index < -0.39 is 25.1 Å². The predicted octanol–water partition coefficient (Wildman–Crippen LogP) is 3.91. The van der Waals surface area contributed by atoms with Crippen LogP contribution in [0.4, 0.5) is 8.78 Å². The molecule has 0 radical (unpaired) electrons. The molecule has 28 heavy (non-hydrogen) atoms. The van der Waals surface area contributed by atoms with Crippen LogP contribution >= 0.6 is 0 Å². The Morgan fingerprint density at radius 3 is 2.57 bits per heavy atom. The van der Waals surface area contributed by atoms with Crippen molar-refractivity contribution in [3.63, 3.8) is 0 Å². The minimum absolute atomic E-state index is 0.0697. The summed E-state index contributed by atoms with van der Waals surface area (Å²) in [5.41, 5.74) is 1.80. The van der Waals surface area contributed by atoms with Crippen molar-refractivity contribution in [3.8, 4) is 0 Å². The Morgan fingerprint density at radius 1 is 1.18 bits per heavy atom. The second kappa shape index (κ2) is 7.79. The molecule has 0 aliphatic rings. The molecule has 0 spiro atoms. The predicted molar refractivity (Wildman–Crippen MR) is 96.3 cm³/mol. The van der Waals surface area contributed by atoms with E-state index in [1.165, 1.54) is 6.07 Å². The highest BCUT2D eigenvalue weighted by atomic mass is 19.3. The van der Waals surface area contributed by atoms with Gasteiger partial charge >= 0.3 is 18.5 Å². The number of hydrogen-bond donors (Lipinski definition) is 1. The molecular weight excluding hydrogens is 372 g/mol. The number of nitrogens with zero attached hydrogens (tertiary/aromatic N) is 2. The van der Waals surface area contributed by atoms with Crippen LogP contribution in [0, 0.1) is 13.8 Å². The fraction of sp³-hybridized carbons (Fsp3) is 0.316. The molecule has 0 fully saturated rings. The number of benzene rings is 1. The van der Waals surface area contributed by atoms with Gasteiger partial charge in [-0.15, -0.1) is 0 Å². The van der Waals surface area contributed by atoms with Crippen LogP contribution in [0.25, 0.3) is 11.0 Å². The van der Waals surface area contributed by atoms with E-state index in [4.69, 9.17) is 9.47 Å². The molecule has 9 heteroatoms. The van der Waals surface area contributed by atoms with Crippen molar-refractivity contribution in [1.82, 2.24) is 14.5 Å². The van der Waals surface area contributed by atoms with E-state index in [0.717, 1.165) is 4.57 Å². The molecule has 3 aromatic rings. The minimum atomic E-state index is -2.83. The van der Waals surface area contributed by atoms with Crippen LogP contribution in [0.3, 0.4) is 0 Å². The quantitative estimate of drug-likeness (QED) is 0.644. The number of imidazole rings is 1. The maximum Gasteiger partial charge on any atom is 0.355 e. The summed E-state index contributed by atoms with van der Waals surface area (Å²) in [6.07, 6.45) is 0. The zero-order chi connectivity index (χ0) is 20.4. The van der Waals surface area contributed by atoms with E-state index in [2.05, 4.69) is 9.97 Å². The zero-order valence-corrected chi connectivity index (χ0v) is 15.6. The first-order valence-corrected chi connectivity index (χ1v) is 8.62. The number of aromatic nitrogens is 3. The Balaban J connectivity index is 1.84. The Bertz CT molecular complexity index is 1040. The number of halogens is 2. The van der Waals surface area contributed by atoms with E-state index in [9.17, 15) is 18.4 Å². The monoisotopic (exact) mass is 391 g/mol. The number of esters is 2. The fourth-order valence-corrected chi connectivity index (χ4v) is 3.08. The molecule has 0 atom stereocenters. The zero-order valence-electron chi connectivity index (χ0n) is 15.6. The number of fused-ring (bicyclic) bond motifs is 1. The number of rotatable bonds is 6. The lowest BCUT2D eigenvalue weighted by Gasteiger charge is -2.08. The second-order valence-electron chi connectivity index (χ2n) is 6.09. The van der Waals surface area contributed by atoms with E-state index in [0.29, 0.717) is 16.8 Å². The minimum Gasteiger partial charge on any atom is -0.462 e. The molecule has 0 bridgehead atoms. The lowest BCUT2D eigenvalue weighted by Crippen LogP contribution is -2.12. The van der Waals surface area contributed by atoms with Gasteiger partial charge in [-0.1, -0.05) is 12.1 Å². The van der Waals surface area contributed by atoms with Crippen LogP contribution in [-0.2, 0) is 16.1 Å². The van der Waals surface area contributed by atoms with Crippen LogP contribution in [0.15, 0.2) is 24.3 Å². The SMILES string of the molecule is CCOC(=O)c1c(C)[nH]c(C(=O)OCc2nc3ccccc3n2C(F)F)c1C. The van der Waals surface area contributed by atoms with Crippen LogP contribution in [0.5, 0.6) is 0 Å². The van der Waals surface area contributed by atoms with Crippen molar-refractivity contribution >= 4 is 23.0 Å². The van der Waals surface area contributed by atoms with Crippen LogP contribution in [0.1, 0.15) is 51.4 Å². The summed E-state index contributed by atoms with van der Waals surface area (Å²) < 4.78 is 37.8. The third-order valence-electron chi connectivity index (χ3n) is 4.32. The smallest absolute Gasteiger partial charge is 0.355 e. The fourth-order valence-electron chi connectivity index (χ4n) is 3.08. The highest BCUT2D eigenvalue weighted by Crippen LogP contribution is 2.24. The van der Waals surface area contributed by atoms with Crippen molar-refractivity contribution in [2.75, 3.05) is 6.61 Å². The van der Waals surface area contributed by atoms with Crippen LogP contribution < -0.4 is 0 Å². The first-order chi connectivity index (χ1) is 13.3. The van der Waals surface area contributed by atoms with Gasteiger partial charge in [-0.2, -0.15) is 8.78 Å². The number of H-pyrrole nitrogens is 1. The summed E-state index contributed by atoms with van der Waals surface area (Å²) in [5.74, 6) is -1.40. The molecular formula is C19H19F2N3O4. The van der Waals surface area contributed by atoms with E-state index >= 15 is 0 Å². The average molecular weight is 391 g/mol. The van der Waals surface area contributed by atoms with Crippen LogP contribution in [0.2, 0.25) is 0 Å². The van der Waals surface area contributed by atoms with Crippen molar-refractivity contribution in [2.24, 2.45) is 0 Å². The summed E-state index contributed by atoms with van der Waals surface area (Å²) in [7, 11) is 0. The first-order valence-electron chi connectivity index (χ1n) is 8.62. The van der Waals surface area contributed by atoms with Gasteiger partial charge < -0.3 is 14.5 Å². The Labute approximate surface area is 159 Å². The van der Waals surface area contributed by atoms with Crippen LogP contribution in [-0.4, -0.2) is 33.1 Å². The lowest BCUT2D eigenvalue weighted by atomic mass is 10.1. The van der Waals surface area contributed by atoms with Crippen molar-refractivity contribution in [3.05, 3.63) is 52.6 Å². The van der Waals surface area contributed by atoms with Crippen molar-refractivity contribution in [1.29, 1.82) is 0 Å². The largest absolute Gasteiger partial charge is 0.462 e. The van der Waals surface area contributed by atoms with Gasteiger partial charge in [0.25, 0.3) is 0 Å². The van der Waals surface area contributed by atoms with E-state index in [1.54, 1.807) is 39.0 Å². The second-order valence-corrected chi connectivity index (χ2v) is 6.09. The Kier molecular flexibility index (Phi) is 5.43. The summed E-state index contributed by atoms with van der Waals surface area (Å²) in [5, 5.41) is 0. The number of ether oxygens (including phenoxy) is 2. The molecule has 1 aromatic carbocycles. The van der Waals surface area contributed by atoms with E-state index in [1.807, 2.05) is 0 Å². The molecule has 0 saturated heterocycles. The van der Waals surface area contributed by atoms with Gasteiger partial charge in [-0.25, -0.2) is 14.6 Å². The molecule has 148 valence electrons. The average Bonchev–Trinajstić information content (AvgIpc) is 3.16. The molecule has 2 aromatic heterocycles. The normalized spacial score (nSPS) is 11.2. The number of carbonyl (C=O) groups is 2. The maximum atomic E-state index is 13.4. The number of carbonyl (C=O) groups excluding carboxylic acids is 2. The number of alkyl halides is 2. The summed E-state index contributed by atoms with van der Waals surface area (Å²) in [6, 6.07) is 6.43. The number of nitrogens with one attached hydrogen (secondary N) is 1. The third-order valence-corrected chi connectivity index (χ3v) is 4.32. The van der Waals surface area contributed by atoms with Gasteiger partial charge in [-0.3, -0.25) is 4.57 Å². The molecule has 0 aliphatic carbocycles. The standard InChI is InChI=1S/C19H19F2N3O4/c1-4-27-17(25)15-10(2)16(22-11(15)3)18(26)28-9-14-23-12-7-5-6-8-13(12)24(14)19(20)21/h5-8,19,22H,4,9H2,1-3H3. The molecule has 0 amide bonds. The lowest BCUT2D eigenvalue weighted by molar-refractivity contribution is 0.0381. The van der Waals surface area contributed by atoms with Gasteiger partial charge in [-0.05, 0) is 38.5 Å². The first kappa shape index (κ1) is 19.5.